The maximum atomic E-state index is 14.0. The van der Waals surface area contributed by atoms with E-state index in [4.69, 9.17) is 16.1 Å². The molecule has 136 valence electrons. The van der Waals surface area contributed by atoms with Gasteiger partial charge in [-0.3, -0.25) is 0 Å². The van der Waals surface area contributed by atoms with E-state index in [2.05, 4.69) is 42.9 Å². The highest BCUT2D eigenvalue weighted by Gasteiger charge is 2.25. The molecule has 4 aromatic rings. The van der Waals surface area contributed by atoms with Crippen molar-refractivity contribution in [2.75, 3.05) is 0 Å². The zero-order chi connectivity index (χ0) is 19.0. The van der Waals surface area contributed by atoms with Crippen molar-refractivity contribution in [1.29, 1.82) is 0 Å². The number of nitrogens with zero attached hydrogens (tertiary/aromatic N) is 7. The molecule has 8 nitrogen and oxygen atoms in total. The second kappa shape index (κ2) is 7.05. The largest absolute Gasteiger partial charge is 0.334 e. The summed E-state index contributed by atoms with van der Waals surface area (Å²) in [6.45, 7) is 0. The van der Waals surface area contributed by atoms with Crippen LogP contribution in [0.15, 0.2) is 41.3 Å². The van der Waals surface area contributed by atoms with Gasteiger partial charge in [0.25, 0.3) is 5.89 Å². The molecular formula is C16H11ClFN7OS. The Kier molecular flexibility index (Phi) is 4.58. The van der Waals surface area contributed by atoms with E-state index in [-0.39, 0.29) is 17.3 Å². The summed E-state index contributed by atoms with van der Waals surface area (Å²) in [4.78, 5) is 12.3. The number of hydrogen-bond acceptors (Lipinski definition) is 8. The average molecular weight is 404 g/mol. The summed E-state index contributed by atoms with van der Waals surface area (Å²) in [5, 5.41) is 11.9. The van der Waals surface area contributed by atoms with Crippen molar-refractivity contribution in [3.63, 3.8) is 0 Å². The molecule has 0 radical (unpaired) electrons. The lowest BCUT2D eigenvalue weighted by Crippen LogP contribution is -2.05. The van der Waals surface area contributed by atoms with Crippen LogP contribution in [0.5, 0.6) is 0 Å². The molecular weight excluding hydrogens is 393 g/mol. The quantitative estimate of drug-likeness (QED) is 0.523. The Bertz CT molecular complexity index is 1100. The Labute approximate surface area is 162 Å². The van der Waals surface area contributed by atoms with Crippen LogP contribution >= 0.6 is 24.2 Å². The maximum absolute atomic E-state index is 14.0. The minimum absolute atomic E-state index is 0.00208. The van der Waals surface area contributed by atoms with Crippen molar-refractivity contribution < 1.29 is 8.91 Å². The highest BCUT2D eigenvalue weighted by atomic mass is 35.5. The fourth-order valence-corrected chi connectivity index (χ4v) is 2.96. The number of aromatic nitrogens is 7. The SMILES string of the molecule is Cn1c(-c2ccncn2)nnc1C(S)c1noc(-c2cc(Cl)ccc2F)n1. The van der Waals surface area contributed by atoms with Crippen molar-refractivity contribution in [3.8, 4) is 23.0 Å². The van der Waals surface area contributed by atoms with Crippen LogP contribution < -0.4 is 0 Å². The molecule has 27 heavy (non-hydrogen) atoms. The molecule has 0 fully saturated rings. The van der Waals surface area contributed by atoms with Gasteiger partial charge in [-0.25, -0.2) is 14.4 Å². The second-order valence-corrected chi connectivity index (χ2v) is 6.47. The minimum atomic E-state index is -0.641. The molecule has 3 aromatic heterocycles. The summed E-state index contributed by atoms with van der Waals surface area (Å²) in [7, 11) is 1.77. The summed E-state index contributed by atoms with van der Waals surface area (Å²) in [6.07, 6.45) is 3.03. The second-order valence-electron chi connectivity index (χ2n) is 5.52. The summed E-state index contributed by atoms with van der Waals surface area (Å²) < 4.78 is 20.9. The van der Waals surface area contributed by atoms with Gasteiger partial charge >= 0.3 is 0 Å². The standard InChI is InChI=1S/C16H11ClFN7OS/c1-25-14(11-4-5-19-7-20-11)22-23-15(25)12(27)13-21-16(26-24-13)9-6-8(17)2-3-10(9)18/h2-7,12,27H,1H3. The van der Waals surface area contributed by atoms with Crippen molar-refractivity contribution in [2.24, 2.45) is 7.05 Å². The lowest BCUT2D eigenvalue weighted by Gasteiger charge is -2.06. The van der Waals surface area contributed by atoms with Crippen LogP contribution in [0, 0.1) is 5.82 Å². The molecule has 0 N–H and O–H groups in total. The molecule has 0 aliphatic rings. The predicted octanol–water partition coefficient (Wildman–Crippen LogP) is 3.13. The van der Waals surface area contributed by atoms with Gasteiger partial charge in [-0.15, -0.1) is 10.2 Å². The van der Waals surface area contributed by atoms with Gasteiger partial charge in [-0.05, 0) is 24.3 Å². The van der Waals surface area contributed by atoms with E-state index in [1.165, 1.54) is 24.5 Å². The van der Waals surface area contributed by atoms with Crippen LogP contribution in [0.1, 0.15) is 16.9 Å². The Morgan fingerprint density at radius 3 is 2.89 bits per heavy atom. The van der Waals surface area contributed by atoms with Crippen LogP contribution in [-0.4, -0.2) is 34.9 Å². The van der Waals surface area contributed by atoms with E-state index in [1.807, 2.05) is 0 Å². The van der Waals surface area contributed by atoms with Gasteiger partial charge in [-0.2, -0.15) is 17.6 Å². The smallest absolute Gasteiger partial charge is 0.261 e. The zero-order valence-corrected chi connectivity index (χ0v) is 15.4. The third-order valence-corrected chi connectivity index (χ3v) is 4.51. The average Bonchev–Trinajstić information content (AvgIpc) is 3.31. The topological polar surface area (TPSA) is 95.4 Å². The van der Waals surface area contributed by atoms with Gasteiger partial charge in [0, 0.05) is 18.3 Å². The molecule has 11 heteroatoms. The molecule has 0 saturated carbocycles. The van der Waals surface area contributed by atoms with Gasteiger partial charge in [0.05, 0.1) is 5.56 Å². The van der Waals surface area contributed by atoms with Crippen molar-refractivity contribution in [1.82, 2.24) is 34.9 Å². The fourth-order valence-electron chi connectivity index (χ4n) is 2.46. The minimum Gasteiger partial charge on any atom is -0.334 e. The van der Waals surface area contributed by atoms with E-state index >= 15 is 0 Å². The first-order valence-electron chi connectivity index (χ1n) is 7.67. The van der Waals surface area contributed by atoms with Gasteiger partial charge in [0.2, 0.25) is 0 Å². The van der Waals surface area contributed by atoms with E-state index in [1.54, 1.807) is 23.9 Å². The lowest BCUT2D eigenvalue weighted by atomic mass is 10.2. The van der Waals surface area contributed by atoms with Crippen molar-refractivity contribution in [2.45, 2.75) is 5.25 Å². The molecule has 0 bridgehead atoms. The zero-order valence-electron chi connectivity index (χ0n) is 13.8. The first-order valence-corrected chi connectivity index (χ1v) is 8.57. The Morgan fingerprint density at radius 1 is 1.26 bits per heavy atom. The third-order valence-electron chi connectivity index (χ3n) is 3.81. The molecule has 0 saturated heterocycles. The monoisotopic (exact) mass is 403 g/mol. The van der Waals surface area contributed by atoms with Crippen LogP contribution in [0.2, 0.25) is 5.02 Å². The van der Waals surface area contributed by atoms with E-state index < -0.39 is 11.1 Å². The molecule has 1 aromatic carbocycles. The normalized spacial score (nSPS) is 12.3. The highest BCUT2D eigenvalue weighted by Crippen LogP contribution is 2.30. The highest BCUT2D eigenvalue weighted by molar-refractivity contribution is 7.80. The van der Waals surface area contributed by atoms with Crippen LogP contribution in [0.3, 0.4) is 0 Å². The summed E-state index contributed by atoms with van der Waals surface area (Å²) in [6, 6.07) is 5.80. The first-order chi connectivity index (χ1) is 13.0. The number of thiol groups is 1. The molecule has 4 rings (SSSR count). The number of halogens is 2. The van der Waals surface area contributed by atoms with Crippen LogP contribution in [-0.2, 0) is 7.05 Å². The number of rotatable bonds is 4. The Hall–Kier alpha value is -2.85. The Morgan fingerprint density at radius 2 is 2.11 bits per heavy atom. The van der Waals surface area contributed by atoms with Gasteiger partial charge in [-0.1, -0.05) is 16.8 Å². The summed E-state index contributed by atoms with van der Waals surface area (Å²) in [5.74, 6) is 0.719. The lowest BCUT2D eigenvalue weighted by molar-refractivity contribution is 0.420. The number of benzene rings is 1. The first kappa shape index (κ1) is 17.6. The van der Waals surface area contributed by atoms with Gasteiger partial charge < -0.3 is 9.09 Å². The summed E-state index contributed by atoms with van der Waals surface area (Å²) >= 11 is 10.4. The third kappa shape index (κ3) is 3.28. The van der Waals surface area contributed by atoms with Crippen LogP contribution in [0.25, 0.3) is 23.0 Å². The number of hydrogen-bond donors (Lipinski definition) is 1. The maximum Gasteiger partial charge on any atom is 0.261 e. The molecule has 1 atom stereocenters. The molecule has 3 heterocycles. The van der Waals surface area contributed by atoms with Gasteiger partial charge in [0.1, 0.15) is 23.1 Å². The molecule has 1 unspecified atom stereocenters. The summed E-state index contributed by atoms with van der Waals surface area (Å²) in [5.41, 5.74) is 0.725. The molecule has 0 amide bonds. The Balaban J connectivity index is 1.67. The van der Waals surface area contributed by atoms with E-state index in [9.17, 15) is 4.39 Å². The molecule has 0 aliphatic carbocycles. The predicted molar refractivity (Wildman–Crippen MR) is 97.6 cm³/mol. The molecule has 0 spiro atoms. The van der Waals surface area contributed by atoms with Crippen molar-refractivity contribution in [3.05, 3.63) is 59.3 Å². The van der Waals surface area contributed by atoms with E-state index in [0.717, 1.165) is 0 Å². The fraction of sp³-hybridized carbons (Fsp3) is 0.125. The van der Waals surface area contributed by atoms with Crippen molar-refractivity contribution >= 4 is 24.2 Å². The molecule has 0 aliphatic heterocycles. The van der Waals surface area contributed by atoms with Gasteiger partial charge in [0.15, 0.2) is 17.5 Å². The van der Waals surface area contributed by atoms with Crippen LogP contribution in [0.4, 0.5) is 4.39 Å². The van der Waals surface area contributed by atoms with E-state index in [0.29, 0.717) is 22.4 Å².